The molecule has 38 heavy (non-hydrogen) atoms. The van der Waals surface area contributed by atoms with Gasteiger partial charge in [-0.25, -0.2) is 13.8 Å². The maximum atomic E-state index is 14.8. The number of fused-ring (bicyclic) bond motifs is 1. The van der Waals surface area contributed by atoms with Crippen molar-refractivity contribution in [1.82, 2.24) is 20.2 Å². The van der Waals surface area contributed by atoms with Gasteiger partial charge in [-0.05, 0) is 55.2 Å². The molecule has 2 aromatic heterocycles. The number of ether oxygens (including phenoxy) is 1. The van der Waals surface area contributed by atoms with Crippen molar-refractivity contribution in [2.75, 3.05) is 0 Å². The molecular weight excluding hydrogens is 490 g/mol. The van der Waals surface area contributed by atoms with Crippen LogP contribution in [0.15, 0.2) is 60.8 Å². The lowest BCUT2D eigenvalue weighted by molar-refractivity contribution is -0.147. The number of carboxylic acid groups (broad SMARTS) is 1. The average molecular weight is 515 g/mol. The van der Waals surface area contributed by atoms with E-state index in [1.165, 1.54) is 24.3 Å². The van der Waals surface area contributed by atoms with Crippen LogP contribution in [0.5, 0.6) is 11.5 Å². The number of halogens is 2. The first-order chi connectivity index (χ1) is 18.3. The number of hydrogen-bond acceptors (Lipinski definition) is 4. The molecule has 9 heteroatoms. The molecule has 2 heterocycles. The maximum Gasteiger partial charge on any atom is 0.314 e. The lowest BCUT2D eigenvalue weighted by atomic mass is 9.64. The Hall–Kier alpha value is -4.53. The molecule has 0 amide bonds. The molecule has 0 aliphatic heterocycles. The fourth-order valence-corrected chi connectivity index (χ4v) is 5.13. The van der Waals surface area contributed by atoms with Gasteiger partial charge in [0, 0.05) is 35.2 Å². The summed E-state index contributed by atoms with van der Waals surface area (Å²) in [5.41, 5.74) is 2.23. The summed E-state index contributed by atoms with van der Waals surface area (Å²) in [7, 11) is 0. The third-order valence-corrected chi connectivity index (χ3v) is 7.41. The van der Waals surface area contributed by atoms with Crippen molar-refractivity contribution in [1.29, 1.82) is 0 Å². The minimum atomic E-state index is -0.824. The van der Waals surface area contributed by atoms with Crippen LogP contribution in [0.25, 0.3) is 22.3 Å². The normalized spacial score (nSPS) is 14.4. The summed E-state index contributed by atoms with van der Waals surface area (Å²) in [4.78, 5) is 19.3. The Labute approximate surface area is 216 Å². The molecule has 5 aromatic rings. The highest BCUT2D eigenvalue weighted by molar-refractivity contribution is 5.85. The van der Waals surface area contributed by atoms with Gasteiger partial charge >= 0.3 is 5.97 Å². The molecule has 0 saturated heterocycles. The predicted octanol–water partition coefficient (Wildman–Crippen LogP) is 6.43. The maximum absolute atomic E-state index is 14.8. The van der Waals surface area contributed by atoms with E-state index in [9.17, 15) is 18.7 Å². The molecule has 0 unspecified atom stereocenters. The molecule has 1 aliphatic carbocycles. The van der Waals surface area contributed by atoms with Crippen molar-refractivity contribution >= 4 is 16.9 Å². The minimum Gasteiger partial charge on any atom is -0.481 e. The number of hydrogen-bond donors (Lipinski definition) is 3. The molecule has 6 rings (SSSR count). The second-order valence-corrected chi connectivity index (χ2v) is 9.72. The van der Waals surface area contributed by atoms with Crippen LogP contribution in [-0.2, 0) is 16.6 Å². The van der Waals surface area contributed by atoms with Crippen LogP contribution in [0.4, 0.5) is 8.78 Å². The smallest absolute Gasteiger partial charge is 0.314 e. The van der Waals surface area contributed by atoms with E-state index in [1.807, 2.05) is 30.3 Å². The quantitative estimate of drug-likeness (QED) is 0.232. The number of H-pyrrole nitrogens is 2. The highest BCUT2D eigenvalue weighted by Crippen LogP contribution is 2.44. The first-order valence-electron chi connectivity index (χ1n) is 12.3. The van der Waals surface area contributed by atoms with Crippen molar-refractivity contribution in [3.05, 3.63) is 94.9 Å². The van der Waals surface area contributed by atoms with Crippen LogP contribution >= 0.6 is 0 Å². The number of aromatic amines is 2. The predicted molar refractivity (Wildman–Crippen MR) is 137 cm³/mol. The number of carboxylic acids is 1. The Balaban J connectivity index is 1.25. The van der Waals surface area contributed by atoms with Gasteiger partial charge in [-0.3, -0.25) is 9.89 Å². The van der Waals surface area contributed by atoms with Gasteiger partial charge in [-0.15, -0.1) is 0 Å². The van der Waals surface area contributed by atoms with Crippen LogP contribution in [-0.4, -0.2) is 31.2 Å². The van der Waals surface area contributed by atoms with Crippen molar-refractivity contribution < 1.29 is 23.4 Å². The molecule has 1 aliphatic rings. The second-order valence-electron chi connectivity index (χ2n) is 9.72. The van der Waals surface area contributed by atoms with Gasteiger partial charge in [0.25, 0.3) is 0 Å². The summed E-state index contributed by atoms with van der Waals surface area (Å²) < 4.78 is 35.4. The van der Waals surface area contributed by atoms with Crippen LogP contribution in [0.1, 0.15) is 41.8 Å². The first kappa shape index (κ1) is 23.8. The topological polar surface area (TPSA) is 104 Å². The fourth-order valence-electron chi connectivity index (χ4n) is 5.13. The van der Waals surface area contributed by atoms with Gasteiger partial charge in [0.1, 0.15) is 17.4 Å². The molecule has 1 saturated carbocycles. The average Bonchev–Trinajstić information content (AvgIpc) is 3.52. The Kier molecular flexibility index (Phi) is 5.71. The van der Waals surface area contributed by atoms with Crippen molar-refractivity contribution in [3.63, 3.8) is 0 Å². The summed E-state index contributed by atoms with van der Waals surface area (Å²) in [5.74, 6) is -0.927. The molecule has 0 radical (unpaired) electrons. The first-order valence-corrected chi connectivity index (χ1v) is 12.3. The SMILES string of the molecule is Cc1c(Oc2ccc(F)c(-c3n[nH]c(Cc4cccc(C5(C(=O)O)CCC5)c4)n3)c2)c(F)cc2[nH]ccc12. The van der Waals surface area contributed by atoms with E-state index in [-0.39, 0.29) is 22.9 Å². The Morgan fingerprint density at radius 3 is 2.71 bits per heavy atom. The number of aryl methyl sites for hydroxylation is 1. The van der Waals surface area contributed by atoms with Gasteiger partial charge < -0.3 is 14.8 Å². The Morgan fingerprint density at radius 1 is 1.11 bits per heavy atom. The van der Waals surface area contributed by atoms with Crippen LogP contribution in [0.2, 0.25) is 0 Å². The van der Waals surface area contributed by atoms with Gasteiger partial charge in [-0.2, -0.15) is 5.10 Å². The lowest BCUT2D eigenvalue weighted by Gasteiger charge is -2.38. The largest absolute Gasteiger partial charge is 0.481 e. The molecule has 3 N–H and O–H groups in total. The molecule has 192 valence electrons. The zero-order valence-electron chi connectivity index (χ0n) is 20.5. The van der Waals surface area contributed by atoms with Gasteiger partial charge in [0.2, 0.25) is 0 Å². The Bertz CT molecular complexity index is 1690. The molecular formula is C29H24F2N4O3. The van der Waals surface area contributed by atoms with Crippen LogP contribution < -0.4 is 4.74 Å². The number of aliphatic carboxylic acids is 1. The molecule has 0 spiro atoms. The van der Waals surface area contributed by atoms with E-state index in [1.54, 1.807) is 13.1 Å². The standard InChI is InChI=1S/C29H24F2N4O3/c1-16-20-8-11-32-24(20)15-23(31)26(16)38-19-6-7-22(30)21(14-19)27-33-25(34-35-27)13-17-4-2-5-18(12-17)29(28(36)37)9-3-10-29/h2,4-8,11-12,14-15,32H,3,9-10,13H2,1H3,(H,36,37)(H,33,34,35). The number of benzene rings is 3. The third kappa shape index (κ3) is 4.00. The lowest BCUT2D eigenvalue weighted by Crippen LogP contribution is -2.42. The van der Waals surface area contributed by atoms with Gasteiger partial charge in [-0.1, -0.05) is 30.7 Å². The van der Waals surface area contributed by atoms with Crippen molar-refractivity contribution in [2.24, 2.45) is 0 Å². The minimum absolute atomic E-state index is 0.0656. The molecule has 3 aromatic carbocycles. The second kappa shape index (κ2) is 9.09. The van der Waals surface area contributed by atoms with E-state index >= 15 is 0 Å². The summed E-state index contributed by atoms with van der Waals surface area (Å²) in [5, 5.41) is 17.6. The zero-order chi connectivity index (χ0) is 26.4. The van der Waals surface area contributed by atoms with Gasteiger partial charge in [0.15, 0.2) is 17.4 Å². The summed E-state index contributed by atoms with van der Waals surface area (Å²) in [6.45, 7) is 1.76. The fraction of sp³-hybridized carbons (Fsp3) is 0.207. The zero-order valence-corrected chi connectivity index (χ0v) is 20.5. The number of nitrogens with one attached hydrogen (secondary N) is 2. The highest BCUT2D eigenvalue weighted by Gasteiger charge is 2.45. The van der Waals surface area contributed by atoms with Crippen LogP contribution in [0.3, 0.4) is 0 Å². The van der Waals surface area contributed by atoms with E-state index in [4.69, 9.17) is 4.74 Å². The molecule has 7 nitrogen and oxygen atoms in total. The summed E-state index contributed by atoms with van der Waals surface area (Å²) in [6.07, 6.45) is 4.24. The molecule has 1 fully saturated rings. The van der Waals surface area contributed by atoms with E-state index < -0.39 is 23.0 Å². The number of nitrogens with zero attached hydrogens (tertiary/aromatic N) is 2. The van der Waals surface area contributed by atoms with E-state index in [2.05, 4.69) is 20.2 Å². The molecule has 0 bridgehead atoms. The highest BCUT2D eigenvalue weighted by atomic mass is 19.1. The number of carbonyl (C=O) groups is 1. The van der Waals surface area contributed by atoms with E-state index in [0.717, 1.165) is 22.9 Å². The van der Waals surface area contributed by atoms with Gasteiger partial charge in [0.05, 0.1) is 11.0 Å². The molecule has 0 atom stereocenters. The number of rotatable bonds is 7. The monoisotopic (exact) mass is 514 g/mol. The summed E-state index contributed by atoms with van der Waals surface area (Å²) >= 11 is 0. The van der Waals surface area contributed by atoms with Crippen LogP contribution in [0, 0.1) is 18.6 Å². The Morgan fingerprint density at radius 2 is 1.95 bits per heavy atom. The third-order valence-electron chi connectivity index (χ3n) is 7.41. The number of aromatic nitrogens is 4. The van der Waals surface area contributed by atoms with E-state index in [0.29, 0.717) is 36.2 Å². The summed E-state index contributed by atoms with van der Waals surface area (Å²) in [6, 6.07) is 14.8. The van der Waals surface area contributed by atoms with Crippen molar-refractivity contribution in [2.45, 2.75) is 38.0 Å². The van der Waals surface area contributed by atoms with Crippen molar-refractivity contribution in [3.8, 4) is 22.9 Å².